The van der Waals surface area contributed by atoms with Gasteiger partial charge >= 0.3 is 0 Å². The van der Waals surface area contributed by atoms with Crippen molar-refractivity contribution < 1.29 is 13.2 Å². The summed E-state index contributed by atoms with van der Waals surface area (Å²) in [6, 6.07) is -0.175. The molecule has 0 saturated carbocycles. The van der Waals surface area contributed by atoms with E-state index < -0.39 is 15.3 Å². The van der Waals surface area contributed by atoms with E-state index in [4.69, 9.17) is 5.73 Å². The van der Waals surface area contributed by atoms with Crippen LogP contribution in [0, 0.1) is 5.41 Å². The normalized spacial score (nSPS) is 22.4. The Kier molecular flexibility index (Phi) is 5.38. The highest BCUT2D eigenvalue weighted by Crippen LogP contribution is 2.30. The van der Waals surface area contributed by atoms with Gasteiger partial charge in [-0.3, -0.25) is 4.79 Å². The van der Waals surface area contributed by atoms with Crippen molar-refractivity contribution in [2.24, 2.45) is 11.1 Å². The van der Waals surface area contributed by atoms with Crippen molar-refractivity contribution >= 4 is 15.7 Å². The zero-order valence-electron chi connectivity index (χ0n) is 12.2. The summed E-state index contributed by atoms with van der Waals surface area (Å²) in [5.74, 6) is 0.306. The first-order valence-electron chi connectivity index (χ1n) is 7.07. The Morgan fingerprint density at radius 1 is 1.32 bits per heavy atom. The van der Waals surface area contributed by atoms with E-state index >= 15 is 0 Å². The number of sulfone groups is 1. The second-order valence-corrected chi connectivity index (χ2v) is 7.57. The number of nitrogens with two attached hydrogens (primary N) is 1. The monoisotopic (exact) mass is 290 g/mol. The molecular weight excluding hydrogens is 264 g/mol. The van der Waals surface area contributed by atoms with Crippen LogP contribution in [0.15, 0.2) is 0 Å². The molecule has 1 aliphatic heterocycles. The van der Waals surface area contributed by atoms with Gasteiger partial charge in [-0.05, 0) is 26.2 Å². The molecule has 1 atom stereocenters. The Hall–Kier alpha value is -0.620. The van der Waals surface area contributed by atoms with Crippen LogP contribution in [0.1, 0.15) is 40.0 Å². The molecule has 19 heavy (non-hydrogen) atoms. The van der Waals surface area contributed by atoms with E-state index in [1.54, 1.807) is 4.90 Å². The van der Waals surface area contributed by atoms with Gasteiger partial charge < -0.3 is 10.6 Å². The molecule has 1 unspecified atom stereocenters. The molecule has 1 heterocycles. The predicted molar refractivity (Wildman–Crippen MR) is 76.5 cm³/mol. The van der Waals surface area contributed by atoms with Crippen molar-refractivity contribution in [3.8, 4) is 0 Å². The Labute approximate surface area is 116 Å². The molecule has 0 aromatic heterocycles. The average Bonchev–Trinajstić information content (AvgIpc) is 2.73. The molecule has 0 aromatic carbocycles. The second kappa shape index (κ2) is 6.22. The van der Waals surface area contributed by atoms with Crippen LogP contribution in [-0.4, -0.2) is 49.9 Å². The van der Waals surface area contributed by atoms with Gasteiger partial charge in [0.05, 0.1) is 16.9 Å². The number of hydrogen-bond donors (Lipinski definition) is 1. The molecule has 1 saturated heterocycles. The zero-order valence-corrected chi connectivity index (χ0v) is 13.0. The van der Waals surface area contributed by atoms with Crippen molar-refractivity contribution in [3.63, 3.8) is 0 Å². The number of carbonyl (C=O) groups is 1. The fourth-order valence-electron chi connectivity index (χ4n) is 2.82. The van der Waals surface area contributed by atoms with E-state index in [1.165, 1.54) is 0 Å². The maximum atomic E-state index is 12.7. The average molecular weight is 290 g/mol. The van der Waals surface area contributed by atoms with E-state index in [0.29, 0.717) is 32.4 Å². The van der Waals surface area contributed by atoms with Crippen LogP contribution in [0.2, 0.25) is 0 Å². The third-order valence-electron chi connectivity index (χ3n) is 4.45. The molecule has 0 aromatic rings. The highest BCUT2D eigenvalue weighted by molar-refractivity contribution is 7.91. The second-order valence-electron chi connectivity index (χ2n) is 5.34. The van der Waals surface area contributed by atoms with Crippen molar-refractivity contribution in [2.45, 2.75) is 46.1 Å². The minimum Gasteiger partial charge on any atom is -0.338 e. The van der Waals surface area contributed by atoms with Crippen LogP contribution in [0.25, 0.3) is 0 Å². The topological polar surface area (TPSA) is 80.5 Å². The van der Waals surface area contributed by atoms with E-state index in [0.717, 1.165) is 0 Å². The molecule has 0 aliphatic carbocycles. The molecule has 5 nitrogen and oxygen atoms in total. The quantitative estimate of drug-likeness (QED) is 0.784. The summed E-state index contributed by atoms with van der Waals surface area (Å²) < 4.78 is 23.2. The summed E-state index contributed by atoms with van der Waals surface area (Å²) in [6.07, 6.45) is 1.93. The van der Waals surface area contributed by atoms with Gasteiger partial charge in [0.15, 0.2) is 9.84 Å². The lowest BCUT2D eigenvalue weighted by molar-refractivity contribution is -0.144. The predicted octanol–water partition coefficient (Wildman–Crippen LogP) is 0.787. The van der Waals surface area contributed by atoms with Gasteiger partial charge in [0.25, 0.3) is 0 Å². The standard InChI is InChI=1S/C13H26N2O3S/c1-4-13(5-2,10-14)12(16)15(6-3)11-7-8-19(17,18)9-11/h11H,4-10,14H2,1-3H3. The molecule has 1 amide bonds. The lowest BCUT2D eigenvalue weighted by Gasteiger charge is -2.37. The van der Waals surface area contributed by atoms with Crippen molar-refractivity contribution in [1.82, 2.24) is 4.90 Å². The molecular formula is C13H26N2O3S. The summed E-state index contributed by atoms with van der Waals surface area (Å²) >= 11 is 0. The molecule has 0 spiro atoms. The Bertz CT molecular complexity index is 407. The molecule has 1 aliphatic rings. The van der Waals surface area contributed by atoms with Crippen molar-refractivity contribution in [3.05, 3.63) is 0 Å². The molecule has 112 valence electrons. The summed E-state index contributed by atoms with van der Waals surface area (Å²) in [6.45, 7) is 6.69. The van der Waals surface area contributed by atoms with Gasteiger partial charge in [-0.25, -0.2) is 8.42 Å². The fourth-order valence-corrected chi connectivity index (χ4v) is 4.55. The first-order chi connectivity index (χ1) is 8.85. The molecule has 1 rings (SSSR count). The summed E-state index contributed by atoms with van der Waals surface area (Å²) in [7, 11) is -2.97. The highest BCUT2D eigenvalue weighted by atomic mass is 32.2. The third-order valence-corrected chi connectivity index (χ3v) is 6.20. The van der Waals surface area contributed by atoms with Gasteiger partial charge in [0.1, 0.15) is 0 Å². The number of amides is 1. The summed E-state index contributed by atoms with van der Waals surface area (Å²) in [4.78, 5) is 14.5. The fraction of sp³-hybridized carbons (Fsp3) is 0.923. The SMILES string of the molecule is CCN(C(=O)C(CC)(CC)CN)C1CCS(=O)(=O)C1. The Balaban J connectivity index is 2.94. The van der Waals surface area contributed by atoms with Crippen LogP contribution < -0.4 is 5.73 Å². The van der Waals surface area contributed by atoms with Gasteiger partial charge in [0, 0.05) is 19.1 Å². The van der Waals surface area contributed by atoms with Gasteiger partial charge in [0.2, 0.25) is 5.91 Å². The van der Waals surface area contributed by atoms with Crippen LogP contribution in [0.4, 0.5) is 0 Å². The maximum absolute atomic E-state index is 12.7. The number of carbonyl (C=O) groups excluding carboxylic acids is 1. The van der Waals surface area contributed by atoms with Crippen LogP contribution in [0.5, 0.6) is 0 Å². The van der Waals surface area contributed by atoms with E-state index in [2.05, 4.69) is 0 Å². The Morgan fingerprint density at radius 3 is 2.21 bits per heavy atom. The van der Waals surface area contributed by atoms with Gasteiger partial charge in [-0.1, -0.05) is 13.8 Å². The first kappa shape index (κ1) is 16.4. The number of nitrogens with zero attached hydrogens (tertiary/aromatic N) is 1. The van der Waals surface area contributed by atoms with Crippen molar-refractivity contribution in [2.75, 3.05) is 24.6 Å². The van der Waals surface area contributed by atoms with Crippen LogP contribution >= 0.6 is 0 Å². The Morgan fingerprint density at radius 2 is 1.89 bits per heavy atom. The maximum Gasteiger partial charge on any atom is 0.230 e. The minimum absolute atomic E-state index is 0.0181. The molecule has 2 N–H and O–H groups in total. The number of hydrogen-bond acceptors (Lipinski definition) is 4. The van der Waals surface area contributed by atoms with Gasteiger partial charge in [-0.2, -0.15) is 0 Å². The van der Waals surface area contributed by atoms with E-state index in [-0.39, 0.29) is 23.5 Å². The van der Waals surface area contributed by atoms with Gasteiger partial charge in [-0.15, -0.1) is 0 Å². The molecule has 0 bridgehead atoms. The summed E-state index contributed by atoms with van der Waals surface area (Å²) in [5.41, 5.74) is 5.27. The van der Waals surface area contributed by atoms with Crippen LogP contribution in [0.3, 0.4) is 0 Å². The minimum atomic E-state index is -2.97. The first-order valence-corrected chi connectivity index (χ1v) is 8.89. The number of rotatable bonds is 6. The molecule has 1 fully saturated rings. The summed E-state index contributed by atoms with van der Waals surface area (Å²) in [5, 5.41) is 0. The van der Waals surface area contributed by atoms with E-state index in [9.17, 15) is 13.2 Å². The van der Waals surface area contributed by atoms with Crippen molar-refractivity contribution in [1.29, 1.82) is 0 Å². The largest absolute Gasteiger partial charge is 0.338 e. The van der Waals surface area contributed by atoms with Crippen LogP contribution in [-0.2, 0) is 14.6 Å². The zero-order chi connectivity index (χ0) is 14.7. The smallest absolute Gasteiger partial charge is 0.230 e. The molecule has 0 radical (unpaired) electrons. The highest BCUT2D eigenvalue weighted by Gasteiger charge is 2.41. The lowest BCUT2D eigenvalue weighted by atomic mass is 9.80. The lowest BCUT2D eigenvalue weighted by Crippen LogP contribution is -2.51. The molecule has 6 heteroatoms. The van der Waals surface area contributed by atoms with E-state index in [1.807, 2.05) is 20.8 Å². The third kappa shape index (κ3) is 3.28.